The highest BCUT2D eigenvalue weighted by molar-refractivity contribution is 6.30. The van der Waals surface area contributed by atoms with Gasteiger partial charge in [0.25, 0.3) is 0 Å². The fraction of sp³-hybridized carbons (Fsp3) is 0.207. The van der Waals surface area contributed by atoms with Crippen molar-refractivity contribution < 1.29 is 33.4 Å². The van der Waals surface area contributed by atoms with Gasteiger partial charge in [-0.25, -0.2) is 4.79 Å². The standard InChI is InChI=1S/C29H26ClNO7/c1-18-3-5-20(6-4-18)25(32)17-37-29(36)22-9-13-24(14-10-22)31-26(33)15-16-27(34)38-19(2)28(35)21-7-11-23(30)12-8-21/h3-14,19H,15-17H2,1-2H3,(H,31,33)/t19-/m0/s1. The molecule has 0 fully saturated rings. The molecule has 8 nitrogen and oxygen atoms in total. The second kappa shape index (κ2) is 13.3. The lowest BCUT2D eigenvalue weighted by molar-refractivity contribution is -0.147. The number of aryl methyl sites for hydroxylation is 1. The molecule has 0 spiro atoms. The van der Waals surface area contributed by atoms with Crippen molar-refractivity contribution in [3.05, 3.63) is 100 Å². The summed E-state index contributed by atoms with van der Waals surface area (Å²) in [5.74, 6) is -2.50. The predicted octanol–water partition coefficient (Wildman–Crippen LogP) is 5.22. The zero-order valence-electron chi connectivity index (χ0n) is 20.9. The lowest BCUT2D eigenvalue weighted by atomic mass is 10.1. The van der Waals surface area contributed by atoms with Crippen LogP contribution in [0, 0.1) is 6.92 Å². The molecule has 3 aromatic rings. The van der Waals surface area contributed by atoms with Crippen molar-refractivity contribution in [2.45, 2.75) is 32.8 Å². The summed E-state index contributed by atoms with van der Waals surface area (Å²) in [6.45, 7) is 2.98. The van der Waals surface area contributed by atoms with E-state index in [9.17, 15) is 24.0 Å². The van der Waals surface area contributed by atoms with Gasteiger partial charge in [0.1, 0.15) is 0 Å². The Morgan fingerprint density at radius 2 is 1.37 bits per heavy atom. The number of Topliss-reactive ketones (excluding diaryl/α,β-unsaturated/α-hetero) is 2. The van der Waals surface area contributed by atoms with E-state index in [1.54, 1.807) is 48.5 Å². The summed E-state index contributed by atoms with van der Waals surface area (Å²) >= 11 is 5.81. The van der Waals surface area contributed by atoms with Gasteiger partial charge in [0.15, 0.2) is 18.5 Å². The van der Waals surface area contributed by atoms with Gasteiger partial charge in [-0.05, 0) is 62.4 Å². The molecule has 0 bridgehead atoms. The van der Waals surface area contributed by atoms with Crippen LogP contribution in [0.2, 0.25) is 5.02 Å². The fourth-order valence-corrected chi connectivity index (χ4v) is 3.45. The first kappa shape index (κ1) is 28.3. The summed E-state index contributed by atoms with van der Waals surface area (Å²) in [5.41, 5.74) is 2.44. The summed E-state index contributed by atoms with van der Waals surface area (Å²) in [6.07, 6.45) is -1.39. The molecule has 0 aliphatic carbocycles. The van der Waals surface area contributed by atoms with Gasteiger partial charge in [0.2, 0.25) is 11.7 Å². The van der Waals surface area contributed by atoms with E-state index >= 15 is 0 Å². The van der Waals surface area contributed by atoms with Gasteiger partial charge in [0, 0.05) is 28.3 Å². The Morgan fingerprint density at radius 3 is 2.00 bits per heavy atom. The molecule has 0 heterocycles. The number of benzene rings is 3. The third-order valence-electron chi connectivity index (χ3n) is 5.47. The van der Waals surface area contributed by atoms with Crippen LogP contribution in [0.15, 0.2) is 72.8 Å². The van der Waals surface area contributed by atoms with Crippen molar-refractivity contribution in [1.29, 1.82) is 0 Å². The molecule has 196 valence electrons. The second-order valence-corrected chi connectivity index (χ2v) is 8.93. The van der Waals surface area contributed by atoms with Crippen LogP contribution in [0.25, 0.3) is 0 Å². The van der Waals surface area contributed by atoms with Crippen molar-refractivity contribution >= 4 is 46.7 Å². The Morgan fingerprint density at radius 1 is 0.789 bits per heavy atom. The number of ketones is 2. The number of hydrogen-bond donors (Lipinski definition) is 1. The zero-order chi connectivity index (χ0) is 27.7. The first-order chi connectivity index (χ1) is 18.1. The number of ether oxygens (including phenoxy) is 2. The predicted molar refractivity (Wildman–Crippen MR) is 141 cm³/mol. The highest BCUT2D eigenvalue weighted by Crippen LogP contribution is 2.14. The number of carbonyl (C=O) groups is 5. The van der Waals surface area contributed by atoms with Crippen molar-refractivity contribution in [1.82, 2.24) is 0 Å². The lowest BCUT2D eigenvalue weighted by Gasteiger charge is -2.12. The molecule has 0 radical (unpaired) electrons. The Balaban J connectivity index is 1.41. The minimum atomic E-state index is -1.01. The average Bonchev–Trinajstić information content (AvgIpc) is 2.91. The number of anilines is 1. The summed E-state index contributed by atoms with van der Waals surface area (Å²) in [5, 5.41) is 3.10. The Kier molecular flexibility index (Phi) is 9.90. The van der Waals surface area contributed by atoms with Crippen LogP contribution < -0.4 is 5.32 Å². The maximum Gasteiger partial charge on any atom is 0.338 e. The van der Waals surface area contributed by atoms with Gasteiger partial charge in [-0.15, -0.1) is 0 Å². The Labute approximate surface area is 224 Å². The molecule has 1 atom stereocenters. The van der Waals surface area contributed by atoms with E-state index in [0.29, 0.717) is 21.8 Å². The van der Waals surface area contributed by atoms with Crippen LogP contribution in [0.3, 0.4) is 0 Å². The molecular weight excluding hydrogens is 510 g/mol. The summed E-state index contributed by atoms with van der Waals surface area (Å²) in [6, 6.07) is 19.1. The molecule has 1 N–H and O–H groups in total. The van der Waals surface area contributed by atoms with Gasteiger partial charge in [-0.1, -0.05) is 41.4 Å². The number of hydrogen-bond acceptors (Lipinski definition) is 7. The highest BCUT2D eigenvalue weighted by Gasteiger charge is 2.20. The van der Waals surface area contributed by atoms with Gasteiger partial charge < -0.3 is 14.8 Å². The van der Waals surface area contributed by atoms with Crippen molar-refractivity contribution in [2.75, 3.05) is 11.9 Å². The van der Waals surface area contributed by atoms with E-state index in [1.807, 2.05) is 6.92 Å². The first-order valence-electron chi connectivity index (χ1n) is 11.8. The molecule has 0 aromatic heterocycles. The van der Waals surface area contributed by atoms with E-state index in [1.165, 1.54) is 31.2 Å². The summed E-state index contributed by atoms with van der Waals surface area (Å²) in [4.78, 5) is 61.1. The molecule has 3 aromatic carbocycles. The maximum absolute atomic E-state index is 12.3. The molecule has 0 unspecified atom stereocenters. The SMILES string of the molecule is Cc1ccc(C(=O)COC(=O)c2ccc(NC(=O)CCC(=O)O[C@@H](C)C(=O)c3ccc(Cl)cc3)cc2)cc1. The number of esters is 2. The molecular formula is C29H26ClNO7. The topological polar surface area (TPSA) is 116 Å². The summed E-state index contributed by atoms with van der Waals surface area (Å²) in [7, 11) is 0. The largest absolute Gasteiger partial charge is 0.454 e. The van der Waals surface area contributed by atoms with Crippen LogP contribution in [0.4, 0.5) is 5.69 Å². The van der Waals surface area contributed by atoms with Gasteiger partial charge >= 0.3 is 11.9 Å². The lowest BCUT2D eigenvalue weighted by Crippen LogP contribution is -2.25. The van der Waals surface area contributed by atoms with Crippen molar-refractivity contribution in [2.24, 2.45) is 0 Å². The number of rotatable bonds is 11. The second-order valence-electron chi connectivity index (χ2n) is 8.49. The number of halogens is 1. The van der Waals surface area contributed by atoms with E-state index in [4.69, 9.17) is 21.1 Å². The van der Waals surface area contributed by atoms with Crippen LogP contribution >= 0.6 is 11.6 Å². The van der Waals surface area contributed by atoms with E-state index < -0.39 is 23.9 Å². The molecule has 0 aliphatic heterocycles. The molecule has 9 heteroatoms. The zero-order valence-corrected chi connectivity index (χ0v) is 21.6. The van der Waals surface area contributed by atoms with E-state index in [2.05, 4.69) is 5.32 Å². The third-order valence-corrected chi connectivity index (χ3v) is 5.73. The number of nitrogens with one attached hydrogen (secondary N) is 1. The van der Waals surface area contributed by atoms with Crippen LogP contribution in [0.5, 0.6) is 0 Å². The smallest absolute Gasteiger partial charge is 0.338 e. The number of amides is 1. The maximum atomic E-state index is 12.3. The van der Waals surface area contributed by atoms with Crippen molar-refractivity contribution in [3.8, 4) is 0 Å². The monoisotopic (exact) mass is 535 g/mol. The normalized spacial score (nSPS) is 11.2. The number of carbonyl (C=O) groups excluding carboxylic acids is 5. The molecule has 0 saturated carbocycles. The fourth-order valence-electron chi connectivity index (χ4n) is 3.32. The van der Waals surface area contributed by atoms with Gasteiger partial charge in [-0.3, -0.25) is 19.2 Å². The molecule has 0 saturated heterocycles. The first-order valence-corrected chi connectivity index (χ1v) is 12.2. The summed E-state index contributed by atoms with van der Waals surface area (Å²) < 4.78 is 10.2. The van der Waals surface area contributed by atoms with Crippen LogP contribution in [0.1, 0.15) is 56.4 Å². The molecule has 1 amide bonds. The van der Waals surface area contributed by atoms with Crippen LogP contribution in [-0.2, 0) is 19.1 Å². The Hall–Kier alpha value is -4.30. The van der Waals surface area contributed by atoms with Gasteiger partial charge in [-0.2, -0.15) is 0 Å². The molecule has 3 rings (SSSR count). The minimum Gasteiger partial charge on any atom is -0.454 e. The highest BCUT2D eigenvalue weighted by atomic mass is 35.5. The Bertz CT molecular complexity index is 1320. The quantitative estimate of drug-likeness (QED) is 0.264. The minimum absolute atomic E-state index is 0.161. The van der Waals surface area contributed by atoms with E-state index in [-0.39, 0.29) is 36.6 Å². The van der Waals surface area contributed by atoms with Crippen molar-refractivity contribution in [3.63, 3.8) is 0 Å². The van der Waals surface area contributed by atoms with Gasteiger partial charge in [0.05, 0.1) is 12.0 Å². The molecule has 38 heavy (non-hydrogen) atoms. The molecule has 0 aliphatic rings. The van der Waals surface area contributed by atoms with Crippen LogP contribution in [-0.4, -0.2) is 42.1 Å². The van der Waals surface area contributed by atoms with E-state index in [0.717, 1.165) is 5.56 Å². The third kappa shape index (κ3) is 8.38. The average molecular weight is 536 g/mol.